The fraction of sp³-hybridized carbons (Fsp3) is 0.0870. The van der Waals surface area contributed by atoms with Crippen molar-refractivity contribution >= 4 is 27.5 Å². The smallest absolute Gasteiger partial charge is 0.277 e. The third-order valence-electron chi connectivity index (χ3n) is 5.20. The van der Waals surface area contributed by atoms with E-state index in [4.69, 9.17) is 0 Å². The van der Waals surface area contributed by atoms with Gasteiger partial charge in [-0.2, -0.15) is 5.10 Å². The summed E-state index contributed by atoms with van der Waals surface area (Å²) in [6.45, 7) is 2.03. The van der Waals surface area contributed by atoms with Gasteiger partial charge in [0.1, 0.15) is 5.69 Å². The largest absolute Gasteiger partial charge is 0.295 e. The minimum atomic E-state index is -0.300. The summed E-state index contributed by atoms with van der Waals surface area (Å²) in [5.41, 5.74) is 6.08. The number of aryl methyl sites for hydroxylation is 1. The van der Waals surface area contributed by atoms with Gasteiger partial charge in [0.2, 0.25) is 0 Å². The highest BCUT2D eigenvalue weighted by atomic mass is 79.9. The molecule has 5 rings (SSSR count). The zero-order valence-corrected chi connectivity index (χ0v) is 17.2. The first-order valence-corrected chi connectivity index (χ1v) is 10.1. The molecule has 2 aromatic heterocycles. The molecule has 4 aromatic rings. The summed E-state index contributed by atoms with van der Waals surface area (Å²) in [6, 6.07) is 19.5. The van der Waals surface area contributed by atoms with E-state index in [0.717, 1.165) is 38.1 Å². The molecule has 0 fully saturated rings. The first kappa shape index (κ1) is 17.8. The Morgan fingerprint density at radius 2 is 1.79 bits per heavy atom. The van der Waals surface area contributed by atoms with E-state index in [1.54, 1.807) is 6.20 Å². The van der Waals surface area contributed by atoms with Crippen LogP contribution in [0.15, 0.2) is 77.5 Å². The fourth-order valence-electron chi connectivity index (χ4n) is 3.80. The molecule has 0 spiro atoms. The maximum absolute atomic E-state index is 13.4. The summed E-state index contributed by atoms with van der Waals surface area (Å²) in [7, 11) is 0. The minimum Gasteiger partial charge on any atom is -0.295 e. The number of halogens is 1. The number of hydrogen-bond donors (Lipinski definition) is 1. The standard InChI is InChI=1S/C23H17BrN4O/c1-14-4-10-18(11-5-14)28-22(16-3-2-12-25-13-16)19-20(26-27-21(19)23(28)29)15-6-8-17(24)9-7-15/h2-13,22H,1H3,(H,26,27)/t22-/m1/s1. The Hall–Kier alpha value is -3.25. The number of H-pyrrole nitrogens is 1. The highest BCUT2D eigenvalue weighted by molar-refractivity contribution is 9.10. The average Bonchev–Trinajstić information content (AvgIpc) is 3.29. The number of anilines is 1. The normalized spacial score (nSPS) is 15.6. The second kappa shape index (κ2) is 6.97. The molecule has 29 heavy (non-hydrogen) atoms. The molecule has 1 atom stereocenters. The quantitative estimate of drug-likeness (QED) is 0.466. The highest BCUT2D eigenvalue weighted by Crippen LogP contribution is 2.44. The maximum atomic E-state index is 13.4. The second-order valence-corrected chi connectivity index (χ2v) is 7.98. The summed E-state index contributed by atoms with van der Waals surface area (Å²) >= 11 is 3.48. The number of fused-ring (bicyclic) bond motifs is 1. The summed E-state index contributed by atoms with van der Waals surface area (Å²) in [5, 5.41) is 7.48. The van der Waals surface area contributed by atoms with E-state index in [1.807, 2.05) is 78.7 Å². The van der Waals surface area contributed by atoms with Crippen LogP contribution in [0.3, 0.4) is 0 Å². The summed E-state index contributed by atoms with van der Waals surface area (Å²) in [5.74, 6) is -0.0893. The molecule has 142 valence electrons. The summed E-state index contributed by atoms with van der Waals surface area (Å²) in [4.78, 5) is 19.5. The van der Waals surface area contributed by atoms with Crippen molar-refractivity contribution in [2.24, 2.45) is 0 Å². The van der Waals surface area contributed by atoms with Gasteiger partial charge in [0.25, 0.3) is 5.91 Å². The van der Waals surface area contributed by atoms with E-state index in [2.05, 4.69) is 31.1 Å². The number of hydrogen-bond acceptors (Lipinski definition) is 3. The molecule has 0 bridgehead atoms. The van der Waals surface area contributed by atoms with Gasteiger partial charge in [-0.25, -0.2) is 0 Å². The Morgan fingerprint density at radius 1 is 1.03 bits per heavy atom. The van der Waals surface area contributed by atoms with Crippen LogP contribution in [-0.2, 0) is 0 Å². The SMILES string of the molecule is Cc1ccc(N2C(=O)c3[nH]nc(-c4ccc(Br)cc4)c3[C@H]2c2cccnc2)cc1. The van der Waals surface area contributed by atoms with E-state index in [1.165, 1.54) is 0 Å². The number of pyridine rings is 1. The van der Waals surface area contributed by atoms with Crippen LogP contribution in [0.1, 0.15) is 33.2 Å². The molecule has 3 heterocycles. The molecular formula is C23H17BrN4O. The van der Waals surface area contributed by atoms with Gasteiger partial charge in [-0.15, -0.1) is 0 Å². The third kappa shape index (κ3) is 2.96. The second-order valence-electron chi connectivity index (χ2n) is 7.07. The molecule has 5 nitrogen and oxygen atoms in total. The van der Waals surface area contributed by atoms with Crippen molar-refractivity contribution in [2.45, 2.75) is 13.0 Å². The molecule has 0 aliphatic carbocycles. The average molecular weight is 445 g/mol. The molecule has 0 radical (unpaired) electrons. The molecule has 0 unspecified atom stereocenters. The lowest BCUT2D eigenvalue weighted by molar-refractivity contribution is 0.0988. The Kier molecular flexibility index (Phi) is 4.28. The summed E-state index contributed by atoms with van der Waals surface area (Å²) < 4.78 is 0.995. The van der Waals surface area contributed by atoms with Gasteiger partial charge in [0.15, 0.2) is 0 Å². The van der Waals surface area contributed by atoms with Crippen LogP contribution in [0.25, 0.3) is 11.3 Å². The number of aromatic nitrogens is 3. The molecule has 1 aliphatic heterocycles. The van der Waals surface area contributed by atoms with Crippen LogP contribution >= 0.6 is 15.9 Å². The summed E-state index contributed by atoms with van der Waals surface area (Å²) in [6.07, 6.45) is 3.55. The van der Waals surface area contributed by atoms with Crippen LogP contribution in [0, 0.1) is 6.92 Å². The van der Waals surface area contributed by atoms with Crippen LogP contribution in [0.2, 0.25) is 0 Å². The van der Waals surface area contributed by atoms with Gasteiger partial charge < -0.3 is 0 Å². The van der Waals surface area contributed by atoms with Crippen molar-refractivity contribution < 1.29 is 4.79 Å². The van der Waals surface area contributed by atoms with E-state index in [0.29, 0.717) is 5.69 Å². The van der Waals surface area contributed by atoms with Crippen LogP contribution in [0.4, 0.5) is 5.69 Å². The minimum absolute atomic E-state index is 0.0893. The number of benzene rings is 2. The van der Waals surface area contributed by atoms with E-state index in [9.17, 15) is 4.79 Å². The molecule has 1 N–H and O–H groups in total. The number of carbonyl (C=O) groups excluding carboxylic acids is 1. The topological polar surface area (TPSA) is 61.9 Å². The fourth-order valence-corrected chi connectivity index (χ4v) is 4.06. The number of rotatable bonds is 3. The van der Waals surface area contributed by atoms with Gasteiger partial charge in [0, 0.05) is 33.7 Å². The zero-order valence-electron chi connectivity index (χ0n) is 15.6. The number of aromatic amines is 1. The third-order valence-corrected chi connectivity index (χ3v) is 5.73. The van der Waals surface area contributed by atoms with Gasteiger partial charge in [-0.1, -0.05) is 51.8 Å². The predicted molar refractivity (Wildman–Crippen MR) is 116 cm³/mol. The van der Waals surface area contributed by atoms with Crippen molar-refractivity contribution in [1.29, 1.82) is 0 Å². The number of nitrogens with zero attached hydrogens (tertiary/aromatic N) is 3. The highest BCUT2D eigenvalue weighted by Gasteiger charge is 2.43. The molecular weight excluding hydrogens is 428 g/mol. The number of carbonyl (C=O) groups is 1. The van der Waals surface area contributed by atoms with E-state index >= 15 is 0 Å². The first-order chi connectivity index (χ1) is 14.1. The Bertz CT molecular complexity index is 1180. The molecule has 0 saturated heterocycles. The van der Waals surface area contributed by atoms with Crippen LogP contribution in [-0.4, -0.2) is 21.1 Å². The lowest BCUT2D eigenvalue weighted by Gasteiger charge is -2.26. The van der Waals surface area contributed by atoms with Crippen molar-refractivity contribution in [3.63, 3.8) is 0 Å². The van der Waals surface area contributed by atoms with E-state index in [-0.39, 0.29) is 11.9 Å². The number of nitrogens with one attached hydrogen (secondary N) is 1. The van der Waals surface area contributed by atoms with Crippen molar-refractivity contribution in [3.05, 3.63) is 99.9 Å². The number of amides is 1. The first-order valence-electron chi connectivity index (χ1n) is 9.28. The lowest BCUT2D eigenvalue weighted by Crippen LogP contribution is -2.29. The molecule has 2 aromatic carbocycles. The van der Waals surface area contributed by atoms with E-state index < -0.39 is 0 Å². The van der Waals surface area contributed by atoms with Gasteiger partial charge >= 0.3 is 0 Å². The van der Waals surface area contributed by atoms with Gasteiger partial charge in [-0.05, 0) is 42.8 Å². The van der Waals surface area contributed by atoms with Crippen LogP contribution in [0.5, 0.6) is 0 Å². The van der Waals surface area contributed by atoms with Crippen molar-refractivity contribution in [2.75, 3.05) is 4.90 Å². The lowest BCUT2D eigenvalue weighted by atomic mass is 9.97. The predicted octanol–water partition coefficient (Wildman–Crippen LogP) is 5.29. The monoisotopic (exact) mass is 444 g/mol. The molecule has 6 heteroatoms. The molecule has 0 saturated carbocycles. The Labute approximate surface area is 176 Å². The van der Waals surface area contributed by atoms with Crippen molar-refractivity contribution in [1.82, 2.24) is 15.2 Å². The Morgan fingerprint density at radius 3 is 2.48 bits per heavy atom. The van der Waals surface area contributed by atoms with Crippen molar-refractivity contribution in [3.8, 4) is 11.3 Å². The van der Waals surface area contributed by atoms with Gasteiger partial charge in [0.05, 0.1) is 11.7 Å². The molecule has 1 aliphatic rings. The Balaban J connectivity index is 1.71. The molecule has 1 amide bonds. The van der Waals surface area contributed by atoms with Crippen LogP contribution < -0.4 is 4.90 Å². The maximum Gasteiger partial charge on any atom is 0.277 e. The zero-order chi connectivity index (χ0) is 20.0. The van der Waals surface area contributed by atoms with Gasteiger partial charge in [-0.3, -0.25) is 19.8 Å².